The first-order valence-electron chi connectivity index (χ1n) is 19.6. The average Bonchev–Trinajstić information content (AvgIpc) is 4.03. The largest absolute Gasteiger partial charge is 0.483 e. The van der Waals surface area contributed by atoms with Gasteiger partial charge in [0.2, 0.25) is 27.4 Å². The van der Waals surface area contributed by atoms with E-state index >= 15 is 0 Å². The number of hydrogen-bond acceptors (Lipinski definition) is 9. The van der Waals surface area contributed by atoms with Crippen LogP contribution in [-0.4, -0.2) is 88.4 Å². The minimum absolute atomic E-state index is 0.00229. The Labute approximate surface area is 346 Å². The fourth-order valence-corrected chi connectivity index (χ4v) is 9.64. The number of allylic oxidation sites excluding steroid dienone is 1. The van der Waals surface area contributed by atoms with Crippen molar-refractivity contribution in [3.05, 3.63) is 46.6 Å². The highest BCUT2D eigenvalue weighted by Crippen LogP contribution is 2.50. The van der Waals surface area contributed by atoms with Gasteiger partial charge in [-0.15, -0.1) is 0 Å². The van der Waals surface area contributed by atoms with Crippen LogP contribution in [0.3, 0.4) is 0 Å². The van der Waals surface area contributed by atoms with Crippen molar-refractivity contribution in [1.29, 1.82) is 0 Å². The molecule has 4 amide bonds. The molecule has 0 bridgehead atoms. The molecule has 3 fully saturated rings. The zero-order valence-corrected chi connectivity index (χ0v) is 34.4. The van der Waals surface area contributed by atoms with Crippen LogP contribution in [0.25, 0.3) is 10.9 Å². The number of nitrogens with zero attached hydrogens (tertiary/aromatic N) is 2. The summed E-state index contributed by atoms with van der Waals surface area (Å²) in [5.41, 5.74) is -7.64. The molecule has 2 saturated carbocycles. The Morgan fingerprint density at radius 3 is 2.43 bits per heavy atom. The lowest BCUT2D eigenvalue weighted by atomic mass is 9.87. The summed E-state index contributed by atoms with van der Waals surface area (Å²) in [5.74, 6) is -4.23. The molecule has 60 heavy (non-hydrogen) atoms. The van der Waals surface area contributed by atoms with E-state index in [9.17, 15) is 53.9 Å². The van der Waals surface area contributed by atoms with Gasteiger partial charge < -0.3 is 25.0 Å². The van der Waals surface area contributed by atoms with Crippen molar-refractivity contribution < 1.29 is 63.4 Å². The minimum Gasteiger partial charge on any atom is -0.483 e. The molecular formula is C39H44ClF6N5O8S. The zero-order valence-electron chi connectivity index (χ0n) is 32.8. The molecule has 13 nitrogen and oxygen atoms in total. The molecule has 5 aliphatic rings. The summed E-state index contributed by atoms with van der Waals surface area (Å²) >= 11 is 6.21. The molecule has 1 saturated heterocycles. The summed E-state index contributed by atoms with van der Waals surface area (Å²) in [6.07, 6.45) is -6.36. The number of hydrogen-bond donors (Lipinski definition) is 3. The first kappa shape index (κ1) is 43.7. The summed E-state index contributed by atoms with van der Waals surface area (Å²) < 4.78 is 123. The highest BCUT2D eigenvalue weighted by atomic mass is 35.5. The van der Waals surface area contributed by atoms with Gasteiger partial charge in [0.15, 0.2) is 11.4 Å². The molecule has 0 unspecified atom stereocenters. The first-order chi connectivity index (χ1) is 27.8. The zero-order chi connectivity index (χ0) is 43.8. The van der Waals surface area contributed by atoms with E-state index in [2.05, 4.69) is 20.3 Å². The van der Waals surface area contributed by atoms with E-state index < -0.39 is 110 Å². The smallest absolute Gasteiger partial charge is 0.437 e. The van der Waals surface area contributed by atoms with Gasteiger partial charge in [-0.25, -0.2) is 18.2 Å². The monoisotopic (exact) mass is 891 g/mol. The van der Waals surface area contributed by atoms with Crippen LogP contribution in [0.1, 0.15) is 96.2 Å². The molecule has 21 heteroatoms. The normalized spacial score (nSPS) is 28.8. The number of alkyl halides is 6. The molecule has 1 aromatic carbocycles. The molecule has 2 aromatic rings. The molecule has 1 spiro atoms. The summed E-state index contributed by atoms with van der Waals surface area (Å²) in [6.45, 7) is 2.20. The van der Waals surface area contributed by atoms with Crippen molar-refractivity contribution >= 4 is 56.3 Å². The Kier molecular flexibility index (Phi) is 10.9. The van der Waals surface area contributed by atoms with Crippen LogP contribution in [0.5, 0.6) is 5.75 Å². The Hall–Kier alpha value is -4.33. The Balaban J connectivity index is 1.27. The molecule has 328 valence electrons. The quantitative estimate of drug-likeness (QED) is 0.227. The lowest BCUT2D eigenvalue weighted by Crippen LogP contribution is -2.59. The Morgan fingerprint density at radius 2 is 1.77 bits per heavy atom. The van der Waals surface area contributed by atoms with Gasteiger partial charge >= 0.3 is 18.4 Å². The van der Waals surface area contributed by atoms with E-state index in [1.807, 2.05) is 0 Å². The van der Waals surface area contributed by atoms with Gasteiger partial charge in [-0.2, -0.15) is 26.3 Å². The van der Waals surface area contributed by atoms with E-state index in [0.717, 1.165) is 4.90 Å². The number of carbonyl (C=O) groups is 4. The van der Waals surface area contributed by atoms with Gasteiger partial charge in [0.25, 0.3) is 5.91 Å². The molecular weight excluding hydrogens is 848 g/mol. The molecule has 3 aliphatic heterocycles. The highest BCUT2D eigenvalue weighted by molar-refractivity contribution is 7.91. The van der Waals surface area contributed by atoms with Crippen molar-refractivity contribution in [2.45, 2.75) is 137 Å². The number of benzene rings is 1. The van der Waals surface area contributed by atoms with E-state index in [1.165, 1.54) is 25.1 Å². The van der Waals surface area contributed by atoms with Crippen molar-refractivity contribution in [2.24, 2.45) is 5.92 Å². The average molecular weight is 892 g/mol. The van der Waals surface area contributed by atoms with E-state index in [4.69, 9.17) is 21.1 Å². The third-order valence-electron chi connectivity index (χ3n) is 12.4. The van der Waals surface area contributed by atoms with Gasteiger partial charge in [0.05, 0.1) is 16.8 Å². The number of pyridine rings is 1. The lowest BCUT2D eigenvalue weighted by Gasteiger charge is -2.37. The molecule has 2 aliphatic carbocycles. The second-order valence-electron chi connectivity index (χ2n) is 17.2. The van der Waals surface area contributed by atoms with Crippen LogP contribution in [0.15, 0.2) is 30.4 Å². The maximum Gasteiger partial charge on any atom is 0.437 e. The van der Waals surface area contributed by atoms with Crippen LogP contribution >= 0.6 is 11.6 Å². The van der Waals surface area contributed by atoms with E-state index in [0.29, 0.717) is 51.3 Å². The number of aryl methyl sites for hydroxylation is 1. The summed E-state index contributed by atoms with van der Waals surface area (Å²) in [6, 6.07) is 1.02. The number of rotatable bonds is 5. The number of aromatic nitrogens is 1. The fraction of sp³-hybridized carbons (Fsp3) is 0.615. The molecule has 0 radical (unpaired) electrons. The lowest BCUT2D eigenvalue weighted by molar-refractivity contribution is -0.244. The maximum absolute atomic E-state index is 14.7. The van der Waals surface area contributed by atoms with Crippen molar-refractivity contribution in [2.75, 3.05) is 6.54 Å². The standard InChI is InChI=1S/C39H44ClF6N5O8S/c1-34(2,39(44,45)46)59-33(55)48-26-10-8-6-4-5-7-9-21-18-37(21,32(54)50-60(56,57)35(3)15-16-35)49-30(52)27-19-36(20-51(27)31(26)53)14-13-23-24-17-22(40)11-12-25(24)47-29(28(23)58-36)38(41,42)43/h7,9,11-12,17,21,26-27H,4-6,8,10,13-16,18-20H2,1-3H3,(H,48,55)(H,49,52)(H,50,54)/b9-7-/t21-,26+,27+,36-,37-/m1/s1. The first-order valence-corrected chi connectivity index (χ1v) is 21.5. The molecule has 1 aromatic heterocycles. The SMILES string of the molecule is CC(C)(OC(=O)N[C@H]1CCCCC/C=C\[C@@H]2C[C@@]2(C(=O)NS(=O)(=O)C2(C)CC2)NC(=O)[C@@H]2C[C@]3(CCc4c(c(C(F)(F)F)nc5ccc(Cl)cc45)O3)CN2C1=O)C(F)(F)F. The predicted molar refractivity (Wildman–Crippen MR) is 203 cm³/mol. The predicted octanol–water partition coefficient (Wildman–Crippen LogP) is 6.40. The number of amides is 4. The second kappa shape index (κ2) is 14.9. The van der Waals surface area contributed by atoms with Crippen LogP contribution in [0, 0.1) is 5.92 Å². The van der Waals surface area contributed by atoms with Gasteiger partial charge in [-0.1, -0.05) is 36.6 Å². The number of sulfonamides is 1. The van der Waals surface area contributed by atoms with Crippen LogP contribution < -0.4 is 20.1 Å². The van der Waals surface area contributed by atoms with E-state index in [-0.39, 0.29) is 48.2 Å². The number of alkyl carbamates (subject to hydrolysis) is 1. The minimum atomic E-state index is -5.02. The van der Waals surface area contributed by atoms with Gasteiger partial charge in [-0.3, -0.25) is 19.1 Å². The number of ether oxygens (including phenoxy) is 2. The van der Waals surface area contributed by atoms with Crippen molar-refractivity contribution in [3.63, 3.8) is 0 Å². The van der Waals surface area contributed by atoms with Crippen LogP contribution in [0.4, 0.5) is 31.1 Å². The third-order valence-corrected chi connectivity index (χ3v) is 14.8. The number of fused-ring (bicyclic) bond motifs is 5. The van der Waals surface area contributed by atoms with Gasteiger partial charge in [0.1, 0.15) is 23.2 Å². The molecule has 5 atom stereocenters. The van der Waals surface area contributed by atoms with Crippen molar-refractivity contribution in [3.8, 4) is 5.75 Å². The molecule has 7 rings (SSSR count). The van der Waals surface area contributed by atoms with E-state index in [1.54, 1.807) is 12.2 Å². The molecule has 3 N–H and O–H groups in total. The number of halogens is 7. The second-order valence-corrected chi connectivity index (χ2v) is 19.8. The highest BCUT2D eigenvalue weighted by Gasteiger charge is 2.64. The Bertz CT molecular complexity index is 2270. The maximum atomic E-state index is 14.7. The third kappa shape index (κ3) is 8.21. The molecule has 4 heterocycles. The summed E-state index contributed by atoms with van der Waals surface area (Å²) in [7, 11) is -4.17. The van der Waals surface area contributed by atoms with Gasteiger partial charge in [-0.05, 0) is 90.3 Å². The van der Waals surface area contributed by atoms with Crippen LogP contribution in [0.2, 0.25) is 5.02 Å². The summed E-state index contributed by atoms with van der Waals surface area (Å²) in [4.78, 5) is 61.0. The number of carbonyl (C=O) groups excluding carboxylic acids is 4. The van der Waals surface area contributed by atoms with Crippen molar-refractivity contribution in [1.82, 2.24) is 25.2 Å². The summed E-state index contributed by atoms with van der Waals surface area (Å²) in [5, 5.41) is 5.42. The fourth-order valence-electron chi connectivity index (χ4n) is 8.16. The van der Waals surface area contributed by atoms with Gasteiger partial charge in [0, 0.05) is 28.3 Å². The topological polar surface area (TPSA) is 173 Å². The van der Waals surface area contributed by atoms with Crippen LogP contribution in [-0.2, 0) is 41.7 Å². The Morgan fingerprint density at radius 1 is 1.05 bits per heavy atom. The number of nitrogens with one attached hydrogen (secondary N) is 3.